The van der Waals surface area contributed by atoms with Gasteiger partial charge in [0.2, 0.25) is 0 Å². The van der Waals surface area contributed by atoms with Gasteiger partial charge in [0.1, 0.15) is 11.5 Å². The van der Waals surface area contributed by atoms with Crippen LogP contribution in [-0.4, -0.2) is 16.7 Å². The van der Waals surface area contributed by atoms with Crippen LogP contribution in [0.5, 0.6) is 0 Å². The summed E-state index contributed by atoms with van der Waals surface area (Å²) in [4.78, 5) is 23.8. The van der Waals surface area contributed by atoms with Gasteiger partial charge in [0.25, 0.3) is 0 Å². The summed E-state index contributed by atoms with van der Waals surface area (Å²) in [5.74, 6) is 0.679. The molecule has 92 valence electrons. The monoisotopic (exact) mass is 235 g/mol. The molecule has 1 aromatic rings. The van der Waals surface area contributed by atoms with Gasteiger partial charge in [-0.15, -0.1) is 0 Å². The van der Waals surface area contributed by atoms with Crippen LogP contribution in [0, 0.1) is 19.8 Å². The van der Waals surface area contributed by atoms with E-state index in [4.69, 9.17) is 4.52 Å². The third-order valence-electron chi connectivity index (χ3n) is 3.43. The molecule has 1 aliphatic carbocycles. The topological polar surface area (TPSA) is 60.2 Å². The normalized spacial score (nSPS) is 20.6. The Kier molecular flexibility index (Phi) is 3.41. The van der Waals surface area contributed by atoms with Crippen LogP contribution in [0.4, 0.5) is 0 Å². The van der Waals surface area contributed by atoms with E-state index in [1.54, 1.807) is 13.8 Å². The zero-order chi connectivity index (χ0) is 12.4. The van der Waals surface area contributed by atoms with E-state index in [1.165, 1.54) is 0 Å². The van der Waals surface area contributed by atoms with Gasteiger partial charge in [-0.25, -0.2) is 0 Å². The molecule has 1 fully saturated rings. The van der Waals surface area contributed by atoms with Crippen LogP contribution in [0.2, 0.25) is 0 Å². The maximum absolute atomic E-state index is 12.1. The van der Waals surface area contributed by atoms with Gasteiger partial charge in [0.15, 0.2) is 5.78 Å². The Labute approximate surface area is 100 Å². The smallest absolute Gasteiger partial charge is 0.169 e. The Bertz CT molecular complexity index is 428. The van der Waals surface area contributed by atoms with E-state index in [-0.39, 0.29) is 17.5 Å². The Balaban J connectivity index is 2.09. The highest BCUT2D eigenvalue weighted by atomic mass is 16.5. The number of aromatic nitrogens is 1. The molecular formula is C13H17NO3. The molecule has 1 atom stereocenters. The average molecular weight is 235 g/mol. The van der Waals surface area contributed by atoms with Crippen molar-refractivity contribution in [3.05, 3.63) is 17.0 Å². The summed E-state index contributed by atoms with van der Waals surface area (Å²) in [7, 11) is 0. The second kappa shape index (κ2) is 4.82. The summed E-state index contributed by atoms with van der Waals surface area (Å²) in [6, 6.07) is 0. The first kappa shape index (κ1) is 12.0. The summed E-state index contributed by atoms with van der Waals surface area (Å²) in [6.45, 7) is 3.49. The van der Waals surface area contributed by atoms with E-state index >= 15 is 0 Å². The van der Waals surface area contributed by atoms with Gasteiger partial charge >= 0.3 is 0 Å². The third kappa shape index (κ3) is 2.46. The number of nitrogens with zero attached hydrogens (tertiary/aromatic N) is 1. The zero-order valence-corrected chi connectivity index (χ0v) is 10.3. The van der Waals surface area contributed by atoms with Crippen LogP contribution in [0.3, 0.4) is 0 Å². The lowest BCUT2D eigenvalue weighted by Crippen LogP contribution is -2.22. The van der Waals surface area contributed by atoms with E-state index in [9.17, 15) is 9.59 Å². The second-order valence-electron chi connectivity index (χ2n) is 4.74. The lowest BCUT2D eigenvalue weighted by Gasteiger charge is -2.19. The molecule has 0 saturated heterocycles. The molecule has 2 rings (SSSR count). The van der Waals surface area contributed by atoms with E-state index in [2.05, 4.69) is 5.16 Å². The fourth-order valence-corrected chi connectivity index (χ4v) is 2.48. The highest BCUT2D eigenvalue weighted by Crippen LogP contribution is 2.26. The molecule has 0 aliphatic heterocycles. The van der Waals surface area contributed by atoms with Crippen molar-refractivity contribution in [1.29, 1.82) is 0 Å². The first-order chi connectivity index (χ1) is 8.09. The van der Waals surface area contributed by atoms with Gasteiger partial charge in [-0.1, -0.05) is 11.6 Å². The van der Waals surface area contributed by atoms with E-state index in [1.807, 2.05) is 0 Å². The molecule has 1 heterocycles. The van der Waals surface area contributed by atoms with Crippen molar-refractivity contribution in [2.75, 3.05) is 0 Å². The predicted molar refractivity (Wildman–Crippen MR) is 61.9 cm³/mol. The predicted octanol–water partition coefficient (Wildman–Crippen LogP) is 2.62. The van der Waals surface area contributed by atoms with Gasteiger partial charge in [-0.05, 0) is 26.7 Å². The SMILES string of the molecule is Cc1noc(C)c1C(=O)CC1CCCCC1=O. The van der Waals surface area contributed by atoms with Crippen LogP contribution < -0.4 is 0 Å². The van der Waals surface area contributed by atoms with Crippen molar-refractivity contribution < 1.29 is 14.1 Å². The molecule has 4 heteroatoms. The standard InChI is InChI=1S/C13H17NO3/c1-8-13(9(2)17-14-8)12(16)7-10-5-3-4-6-11(10)15/h10H,3-7H2,1-2H3. The fourth-order valence-electron chi connectivity index (χ4n) is 2.48. The Hall–Kier alpha value is -1.45. The van der Waals surface area contributed by atoms with E-state index in [0.717, 1.165) is 19.3 Å². The molecule has 17 heavy (non-hydrogen) atoms. The van der Waals surface area contributed by atoms with Crippen molar-refractivity contribution >= 4 is 11.6 Å². The van der Waals surface area contributed by atoms with Crippen LogP contribution in [0.25, 0.3) is 0 Å². The molecule has 0 aromatic carbocycles. The molecule has 0 N–H and O–H groups in total. The molecule has 1 saturated carbocycles. The molecule has 0 amide bonds. The number of aryl methyl sites for hydroxylation is 2. The highest BCUT2D eigenvalue weighted by molar-refractivity contribution is 6.00. The molecule has 1 aromatic heterocycles. The molecule has 1 unspecified atom stereocenters. The summed E-state index contributed by atoms with van der Waals surface area (Å²) < 4.78 is 4.98. The maximum atomic E-state index is 12.1. The number of Topliss-reactive ketones (excluding diaryl/α,β-unsaturated/α-hetero) is 2. The minimum absolute atomic E-state index is 0.0125. The van der Waals surface area contributed by atoms with Crippen molar-refractivity contribution in [3.63, 3.8) is 0 Å². The minimum atomic E-state index is -0.0926. The van der Waals surface area contributed by atoms with Crippen molar-refractivity contribution in [1.82, 2.24) is 5.16 Å². The first-order valence-electron chi connectivity index (χ1n) is 6.08. The average Bonchev–Trinajstić information content (AvgIpc) is 2.62. The maximum Gasteiger partial charge on any atom is 0.169 e. The van der Waals surface area contributed by atoms with Gasteiger partial charge in [-0.2, -0.15) is 0 Å². The molecule has 0 radical (unpaired) electrons. The molecule has 1 aliphatic rings. The van der Waals surface area contributed by atoms with Crippen LogP contribution in [0.1, 0.15) is 53.9 Å². The Morgan fingerprint density at radius 1 is 1.41 bits per heavy atom. The molecular weight excluding hydrogens is 218 g/mol. The summed E-state index contributed by atoms with van der Waals surface area (Å²) >= 11 is 0. The Morgan fingerprint density at radius 2 is 2.18 bits per heavy atom. The van der Waals surface area contributed by atoms with Crippen molar-refractivity contribution in [3.8, 4) is 0 Å². The summed E-state index contributed by atoms with van der Waals surface area (Å²) in [6.07, 6.45) is 3.79. The Morgan fingerprint density at radius 3 is 2.76 bits per heavy atom. The van der Waals surface area contributed by atoms with Crippen LogP contribution in [0.15, 0.2) is 4.52 Å². The van der Waals surface area contributed by atoms with E-state index in [0.29, 0.717) is 29.9 Å². The lowest BCUT2D eigenvalue weighted by atomic mass is 9.83. The molecule has 0 spiro atoms. The molecule has 0 bridgehead atoms. The fraction of sp³-hybridized carbons (Fsp3) is 0.615. The number of ketones is 2. The lowest BCUT2D eigenvalue weighted by molar-refractivity contribution is -0.124. The highest BCUT2D eigenvalue weighted by Gasteiger charge is 2.27. The first-order valence-corrected chi connectivity index (χ1v) is 6.08. The summed E-state index contributed by atoms with van der Waals surface area (Å²) in [5, 5.41) is 3.77. The van der Waals surface area contributed by atoms with Gasteiger partial charge in [0.05, 0.1) is 11.3 Å². The quantitative estimate of drug-likeness (QED) is 0.755. The molecule has 4 nitrogen and oxygen atoms in total. The third-order valence-corrected chi connectivity index (χ3v) is 3.43. The largest absolute Gasteiger partial charge is 0.361 e. The van der Waals surface area contributed by atoms with E-state index < -0.39 is 0 Å². The van der Waals surface area contributed by atoms with Crippen molar-refractivity contribution in [2.45, 2.75) is 46.0 Å². The van der Waals surface area contributed by atoms with Gasteiger partial charge in [0, 0.05) is 18.8 Å². The van der Waals surface area contributed by atoms with Gasteiger partial charge < -0.3 is 4.52 Å². The number of hydrogen-bond donors (Lipinski definition) is 0. The van der Waals surface area contributed by atoms with Gasteiger partial charge in [-0.3, -0.25) is 9.59 Å². The van der Waals surface area contributed by atoms with Crippen LogP contribution >= 0.6 is 0 Å². The number of carbonyl (C=O) groups is 2. The number of carbonyl (C=O) groups excluding carboxylic acids is 2. The van der Waals surface area contributed by atoms with Crippen LogP contribution in [-0.2, 0) is 4.79 Å². The summed E-state index contributed by atoms with van der Waals surface area (Å²) in [5.41, 5.74) is 1.18. The second-order valence-corrected chi connectivity index (χ2v) is 4.74. The van der Waals surface area contributed by atoms with Crippen molar-refractivity contribution in [2.24, 2.45) is 5.92 Å². The minimum Gasteiger partial charge on any atom is -0.361 e. The number of hydrogen-bond acceptors (Lipinski definition) is 4. The zero-order valence-electron chi connectivity index (χ0n) is 10.3. The number of rotatable bonds is 3.